The van der Waals surface area contributed by atoms with Crippen LogP contribution in [0, 0.1) is 10.8 Å². The summed E-state index contributed by atoms with van der Waals surface area (Å²) in [4.78, 5) is 0. The maximum atomic E-state index is 2.88. The van der Waals surface area contributed by atoms with Crippen LogP contribution in [0.15, 0.2) is 48.2 Å². The Labute approximate surface area is 242 Å². The summed E-state index contributed by atoms with van der Waals surface area (Å²) in [5.74, 6) is 1.90. The van der Waals surface area contributed by atoms with Gasteiger partial charge in [-0.2, -0.15) is 0 Å². The van der Waals surface area contributed by atoms with Crippen LogP contribution in [0.3, 0.4) is 0 Å². The molecule has 208 valence electrons. The molecule has 2 aromatic rings. The van der Waals surface area contributed by atoms with Crippen molar-refractivity contribution in [2.45, 2.75) is 127 Å². The molecule has 1 heterocycles. The molecule has 2 aromatic carbocycles. The first-order chi connectivity index (χ1) is 17.5. The quantitative estimate of drug-likeness (QED) is 0.316. The molecule has 0 spiro atoms. The summed E-state index contributed by atoms with van der Waals surface area (Å²) >= 11 is -0.751. The third kappa shape index (κ3) is 6.21. The number of anilines is 2. The number of allylic oxidation sites excluding steroid dienone is 1. The molecule has 0 amide bonds. The van der Waals surface area contributed by atoms with Crippen molar-refractivity contribution in [2.75, 3.05) is 7.71 Å². The van der Waals surface area contributed by atoms with E-state index in [9.17, 15) is 0 Å². The maximum absolute atomic E-state index is 2.88. The molecule has 0 saturated heterocycles. The minimum absolute atomic E-state index is 0.0515. The van der Waals surface area contributed by atoms with E-state index in [2.05, 4.69) is 147 Å². The Morgan fingerprint density at radius 3 is 1.29 bits per heavy atom. The Bertz CT molecular complexity index is 1090. The monoisotopic (exact) mass is 576 g/mol. The molecule has 0 aliphatic carbocycles. The fraction of sp³-hybridized carbons (Fsp3) is 0.600. The number of benzene rings is 2. The van der Waals surface area contributed by atoms with Crippen LogP contribution in [0.5, 0.6) is 0 Å². The number of hydrogen-bond acceptors (Lipinski definition) is 2. The molecule has 3 rings (SSSR count). The summed E-state index contributed by atoms with van der Waals surface area (Å²) in [7, 11) is 0. The molecule has 38 heavy (non-hydrogen) atoms. The first kappa shape index (κ1) is 30.9. The first-order valence-electron chi connectivity index (χ1n) is 14.8. The summed E-state index contributed by atoms with van der Waals surface area (Å²) in [6.07, 6.45) is 2.65. The minimum atomic E-state index is -0.751. The fourth-order valence-corrected chi connectivity index (χ4v) is 9.94. The summed E-state index contributed by atoms with van der Waals surface area (Å²) in [6.45, 7) is 33.4. The molecule has 2 radical (unpaired) electrons. The molecule has 1 atom stereocenters. The molecule has 3 heteroatoms. The van der Waals surface area contributed by atoms with E-state index in [1.807, 2.05) is 0 Å². The molecule has 1 aliphatic heterocycles. The molecule has 0 unspecified atom stereocenters. The second-order valence-corrected chi connectivity index (χ2v) is 17.0. The molecule has 2 nitrogen and oxygen atoms in total. The van der Waals surface area contributed by atoms with Crippen LogP contribution in [0.25, 0.3) is 0 Å². The Hall–Kier alpha value is -1.68. The average molecular weight is 575 g/mol. The van der Waals surface area contributed by atoms with Crippen LogP contribution in [0.4, 0.5) is 11.4 Å². The van der Waals surface area contributed by atoms with Gasteiger partial charge in [0.25, 0.3) is 0 Å². The van der Waals surface area contributed by atoms with Crippen LogP contribution < -0.4 is 7.71 Å². The second kappa shape index (κ2) is 11.4. The van der Waals surface area contributed by atoms with Gasteiger partial charge in [-0.3, -0.25) is 0 Å². The zero-order valence-electron chi connectivity index (χ0n) is 26.8. The summed E-state index contributed by atoms with van der Waals surface area (Å²) in [6, 6.07) is 14.4. The van der Waals surface area contributed by atoms with Gasteiger partial charge >= 0.3 is 243 Å². The molecule has 1 aliphatic rings. The third-order valence-electron chi connectivity index (χ3n) is 7.85. The molecule has 0 bridgehead atoms. The van der Waals surface area contributed by atoms with Crippen molar-refractivity contribution in [3.05, 3.63) is 70.4 Å². The summed E-state index contributed by atoms with van der Waals surface area (Å²) < 4.78 is 5.69. The van der Waals surface area contributed by atoms with Crippen molar-refractivity contribution in [3.63, 3.8) is 0 Å². The van der Waals surface area contributed by atoms with Gasteiger partial charge in [0.2, 0.25) is 0 Å². The predicted octanol–water partition coefficient (Wildman–Crippen LogP) is 10.4. The van der Waals surface area contributed by atoms with E-state index in [1.54, 1.807) is 0 Å². The Morgan fingerprint density at radius 1 is 0.605 bits per heavy atom. The van der Waals surface area contributed by atoms with Gasteiger partial charge in [0.1, 0.15) is 0 Å². The number of para-hydroxylation sites is 2. The zero-order chi connectivity index (χ0) is 28.7. The molecule has 0 aromatic heterocycles. The fourth-order valence-electron chi connectivity index (χ4n) is 5.66. The first-order valence-corrected chi connectivity index (χ1v) is 16.7. The third-order valence-corrected chi connectivity index (χ3v) is 10.7. The van der Waals surface area contributed by atoms with Crippen molar-refractivity contribution in [3.8, 4) is 0 Å². The van der Waals surface area contributed by atoms with Crippen LogP contribution in [0.2, 0.25) is 0 Å². The van der Waals surface area contributed by atoms with E-state index in [0.717, 1.165) is 0 Å². The van der Waals surface area contributed by atoms with E-state index in [1.165, 1.54) is 39.3 Å². The van der Waals surface area contributed by atoms with Crippen molar-refractivity contribution in [2.24, 2.45) is 10.8 Å². The van der Waals surface area contributed by atoms with Gasteiger partial charge in [-0.05, 0) is 0 Å². The SMILES string of the molecule is CC(C)c1cccc(C(C)C)c1[N]1[Ge][N](c2c(C(C)C)cccc2C(C)C)[C@@H](C(C)(C)C)C=C1C(C)(C)C. The molecule has 0 saturated carbocycles. The standard InChI is InChI=1S/C35H54GeN2/c1-22(2)26-17-15-18-27(23(3)4)32(26)37-30(34(9,10)11)21-31(35(12,13)14)38(36-37)33-28(24(5)6)19-16-20-29(33)25(7)8/h15-25,30H,1-14H3/t30-/m1/s1. The normalized spacial score (nSPS) is 17.3. The van der Waals surface area contributed by atoms with Crippen LogP contribution in [-0.2, 0) is 0 Å². The zero-order valence-corrected chi connectivity index (χ0v) is 28.9. The van der Waals surface area contributed by atoms with E-state index in [0.29, 0.717) is 29.7 Å². The van der Waals surface area contributed by atoms with Crippen LogP contribution in [-0.4, -0.2) is 21.9 Å². The Balaban J connectivity index is 2.44. The Kier molecular flexibility index (Phi) is 9.29. The average Bonchev–Trinajstić information content (AvgIpc) is 2.80. The van der Waals surface area contributed by atoms with E-state index in [4.69, 9.17) is 0 Å². The molecule has 0 fully saturated rings. The topological polar surface area (TPSA) is 6.48 Å². The van der Waals surface area contributed by atoms with Crippen molar-refractivity contribution >= 4 is 27.3 Å². The van der Waals surface area contributed by atoms with Crippen LogP contribution in [0.1, 0.15) is 143 Å². The molecular weight excluding hydrogens is 521 g/mol. The van der Waals surface area contributed by atoms with Crippen molar-refractivity contribution < 1.29 is 0 Å². The van der Waals surface area contributed by atoms with E-state index in [-0.39, 0.29) is 10.8 Å². The van der Waals surface area contributed by atoms with Gasteiger partial charge < -0.3 is 0 Å². The number of hydrogen-bond donors (Lipinski definition) is 0. The number of rotatable bonds is 6. The van der Waals surface area contributed by atoms with Crippen LogP contribution >= 0.6 is 0 Å². The molecule has 0 N–H and O–H groups in total. The van der Waals surface area contributed by atoms with Crippen molar-refractivity contribution in [1.82, 2.24) is 0 Å². The van der Waals surface area contributed by atoms with E-state index < -0.39 is 15.9 Å². The summed E-state index contributed by atoms with van der Waals surface area (Å²) in [5, 5.41) is 0. The molecular formula is C35H54GeN2. The Morgan fingerprint density at radius 2 is 0.974 bits per heavy atom. The second-order valence-electron chi connectivity index (χ2n) is 14.6. The summed E-state index contributed by atoms with van der Waals surface area (Å²) in [5.41, 5.74) is 10.6. The van der Waals surface area contributed by atoms with Gasteiger partial charge in [0.05, 0.1) is 0 Å². The predicted molar refractivity (Wildman–Crippen MR) is 171 cm³/mol. The van der Waals surface area contributed by atoms with Gasteiger partial charge in [-0.15, -0.1) is 0 Å². The van der Waals surface area contributed by atoms with Crippen molar-refractivity contribution in [1.29, 1.82) is 0 Å². The van der Waals surface area contributed by atoms with E-state index >= 15 is 0 Å². The number of nitrogens with zero attached hydrogens (tertiary/aromatic N) is 2. The van der Waals surface area contributed by atoms with Gasteiger partial charge in [-0.1, -0.05) is 0 Å². The van der Waals surface area contributed by atoms with Gasteiger partial charge in [0.15, 0.2) is 0 Å². The van der Waals surface area contributed by atoms with Gasteiger partial charge in [-0.25, -0.2) is 0 Å². The van der Waals surface area contributed by atoms with Gasteiger partial charge in [0, 0.05) is 0 Å².